The average Bonchev–Trinajstić information content (AvgIpc) is 2.37. The molecule has 10 heavy (non-hydrogen) atoms. The van der Waals surface area contributed by atoms with Crippen molar-refractivity contribution in [2.75, 3.05) is 6.54 Å². The van der Waals surface area contributed by atoms with Crippen LogP contribution in [0.1, 0.15) is 16.9 Å². The Morgan fingerprint density at radius 2 is 2.10 bits per heavy atom. The maximum Gasteiger partial charge on any atom is 0.118 e. The molecular weight excluding hydrogens is 146 g/mol. The molecule has 56 valence electrons. The SMILES string of the molecule is CCc1nnc(CCN)s1. The number of hydrogen-bond donors (Lipinski definition) is 1. The number of nitrogens with two attached hydrogens (primary N) is 1. The van der Waals surface area contributed by atoms with Gasteiger partial charge in [0.25, 0.3) is 0 Å². The van der Waals surface area contributed by atoms with E-state index in [0.717, 1.165) is 22.9 Å². The van der Waals surface area contributed by atoms with Gasteiger partial charge in [-0.2, -0.15) is 0 Å². The molecule has 1 rings (SSSR count). The highest BCUT2D eigenvalue weighted by Gasteiger charge is 1.99. The van der Waals surface area contributed by atoms with E-state index in [2.05, 4.69) is 17.1 Å². The number of hydrogen-bond acceptors (Lipinski definition) is 4. The van der Waals surface area contributed by atoms with E-state index in [1.165, 1.54) is 0 Å². The number of nitrogens with zero attached hydrogens (tertiary/aromatic N) is 2. The summed E-state index contributed by atoms with van der Waals surface area (Å²) in [6, 6.07) is 0. The van der Waals surface area contributed by atoms with Crippen LogP contribution in [-0.4, -0.2) is 16.7 Å². The van der Waals surface area contributed by atoms with Gasteiger partial charge < -0.3 is 5.73 Å². The maximum atomic E-state index is 5.35. The monoisotopic (exact) mass is 157 g/mol. The van der Waals surface area contributed by atoms with Crippen molar-refractivity contribution < 1.29 is 0 Å². The zero-order valence-corrected chi connectivity index (χ0v) is 6.82. The van der Waals surface area contributed by atoms with Gasteiger partial charge in [-0.1, -0.05) is 6.92 Å². The Balaban J connectivity index is 2.59. The van der Waals surface area contributed by atoms with E-state index in [9.17, 15) is 0 Å². The third-order valence-electron chi connectivity index (χ3n) is 1.17. The van der Waals surface area contributed by atoms with E-state index in [-0.39, 0.29) is 0 Å². The van der Waals surface area contributed by atoms with Crippen LogP contribution in [0.4, 0.5) is 0 Å². The number of rotatable bonds is 3. The van der Waals surface area contributed by atoms with E-state index < -0.39 is 0 Å². The van der Waals surface area contributed by atoms with Crippen LogP contribution in [-0.2, 0) is 12.8 Å². The van der Waals surface area contributed by atoms with E-state index in [1.54, 1.807) is 11.3 Å². The van der Waals surface area contributed by atoms with Gasteiger partial charge in [-0.05, 0) is 13.0 Å². The molecular formula is C6H11N3S. The van der Waals surface area contributed by atoms with E-state index in [4.69, 9.17) is 5.73 Å². The predicted octanol–water partition coefficient (Wildman–Crippen LogP) is 0.602. The summed E-state index contributed by atoms with van der Waals surface area (Å²) in [4.78, 5) is 0. The van der Waals surface area contributed by atoms with E-state index >= 15 is 0 Å². The molecule has 3 nitrogen and oxygen atoms in total. The second-order valence-corrected chi connectivity index (χ2v) is 3.13. The zero-order valence-electron chi connectivity index (χ0n) is 6.00. The van der Waals surface area contributed by atoms with Crippen molar-refractivity contribution in [1.82, 2.24) is 10.2 Å². The fourth-order valence-electron chi connectivity index (χ4n) is 0.656. The Labute approximate surface area is 64.3 Å². The first kappa shape index (κ1) is 7.63. The summed E-state index contributed by atoms with van der Waals surface area (Å²) >= 11 is 1.66. The number of aryl methyl sites for hydroxylation is 1. The molecule has 0 fully saturated rings. The lowest BCUT2D eigenvalue weighted by atomic mass is 10.5. The van der Waals surface area contributed by atoms with Crippen molar-refractivity contribution in [2.45, 2.75) is 19.8 Å². The molecule has 0 saturated carbocycles. The Hall–Kier alpha value is -0.480. The summed E-state index contributed by atoms with van der Waals surface area (Å²) in [6.07, 6.45) is 1.83. The molecule has 2 N–H and O–H groups in total. The van der Waals surface area contributed by atoms with E-state index in [0.29, 0.717) is 6.54 Å². The first-order valence-electron chi connectivity index (χ1n) is 3.38. The molecule has 0 unspecified atom stereocenters. The highest BCUT2D eigenvalue weighted by Crippen LogP contribution is 2.09. The zero-order chi connectivity index (χ0) is 7.40. The second-order valence-electron chi connectivity index (χ2n) is 1.98. The Kier molecular flexibility index (Phi) is 2.77. The van der Waals surface area contributed by atoms with Crippen LogP contribution < -0.4 is 5.73 Å². The standard InChI is InChI=1S/C6H11N3S/c1-2-5-8-9-6(10-5)3-4-7/h2-4,7H2,1H3. The topological polar surface area (TPSA) is 51.8 Å². The largest absolute Gasteiger partial charge is 0.330 e. The molecule has 0 amide bonds. The van der Waals surface area contributed by atoms with Crippen LogP contribution in [0, 0.1) is 0 Å². The normalized spacial score (nSPS) is 10.2. The van der Waals surface area contributed by atoms with Crippen molar-refractivity contribution in [3.05, 3.63) is 10.0 Å². The molecule has 0 aliphatic rings. The molecule has 1 aromatic rings. The average molecular weight is 157 g/mol. The minimum atomic E-state index is 0.665. The third kappa shape index (κ3) is 1.75. The molecule has 0 saturated heterocycles. The van der Waals surface area contributed by atoms with Gasteiger partial charge >= 0.3 is 0 Å². The second kappa shape index (κ2) is 3.63. The fourth-order valence-corrected chi connectivity index (χ4v) is 1.46. The maximum absolute atomic E-state index is 5.35. The summed E-state index contributed by atoms with van der Waals surface area (Å²) in [5, 5.41) is 10.1. The molecule has 0 aromatic carbocycles. The van der Waals surface area contributed by atoms with Crippen molar-refractivity contribution >= 4 is 11.3 Å². The summed E-state index contributed by atoms with van der Waals surface area (Å²) in [7, 11) is 0. The van der Waals surface area contributed by atoms with Crippen LogP contribution >= 0.6 is 11.3 Å². The first-order chi connectivity index (χ1) is 4.86. The van der Waals surface area contributed by atoms with Crippen molar-refractivity contribution in [2.24, 2.45) is 5.73 Å². The number of aromatic nitrogens is 2. The molecule has 0 atom stereocenters. The minimum Gasteiger partial charge on any atom is -0.330 e. The lowest BCUT2D eigenvalue weighted by Gasteiger charge is -1.84. The van der Waals surface area contributed by atoms with Crippen LogP contribution in [0.3, 0.4) is 0 Å². The highest BCUT2D eigenvalue weighted by molar-refractivity contribution is 7.11. The van der Waals surface area contributed by atoms with Gasteiger partial charge in [-0.25, -0.2) is 0 Å². The van der Waals surface area contributed by atoms with Crippen molar-refractivity contribution in [3.8, 4) is 0 Å². The molecule has 4 heteroatoms. The molecule has 0 radical (unpaired) electrons. The first-order valence-corrected chi connectivity index (χ1v) is 4.19. The minimum absolute atomic E-state index is 0.665. The van der Waals surface area contributed by atoms with Crippen LogP contribution in [0.5, 0.6) is 0 Å². The van der Waals surface area contributed by atoms with Gasteiger partial charge in [0.2, 0.25) is 0 Å². The van der Waals surface area contributed by atoms with Gasteiger partial charge in [0.15, 0.2) is 0 Å². The van der Waals surface area contributed by atoms with Gasteiger partial charge in [-0.3, -0.25) is 0 Å². The van der Waals surface area contributed by atoms with Gasteiger partial charge in [-0.15, -0.1) is 21.5 Å². The van der Waals surface area contributed by atoms with Crippen LogP contribution in [0.2, 0.25) is 0 Å². The lowest BCUT2D eigenvalue weighted by Crippen LogP contribution is -2.01. The lowest BCUT2D eigenvalue weighted by molar-refractivity contribution is 0.894. The van der Waals surface area contributed by atoms with E-state index in [1.807, 2.05) is 0 Å². The van der Waals surface area contributed by atoms with Crippen LogP contribution in [0.25, 0.3) is 0 Å². The highest BCUT2D eigenvalue weighted by atomic mass is 32.1. The molecule has 0 spiro atoms. The molecule has 1 aromatic heterocycles. The molecule has 0 aliphatic carbocycles. The van der Waals surface area contributed by atoms with Gasteiger partial charge in [0, 0.05) is 6.42 Å². The Bertz CT molecular complexity index is 197. The Morgan fingerprint density at radius 3 is 2.60 bits per heavy atom. The summed E-state index contributed by atoms with van der Waals surface area (Å²) in [6.45, 7) is 2.74. The summed E-state index contributed by atoms with van der Waals surface area (Å²) in [5.41, 5.74) is 5.35. The fraction of sp³-hybridized carbons (Fsp3) is 0.667. The van der Waals surface area contributed by atoms with Crippen LogP contribution in [0.15, 0.2) is 0 Å². The molecule has 0 bridgehead atoms. The molecule has 0 aliphatic heterocycles. The van der Waals surface area contributed by atoms with Gasteiger partial charge in [0.1, 0.15) is 10.0 Å². The smallest absolute Gasteiger partial charge is 0.118 e. The third-order valence-corrected chi connectivity index (χ3v) is 2.30. The molecule has 1 heterocycles. The predicted molar refractivity (Wildman–Crippen MR) is 42.0 cm³/mol. The van der Waals surface area contributed by atoms with Crippen molar-refractivity contribution in [1.29, 1.82) is 0 Å². The quantitative estimate of drug-likeness (QED) is 0.699. The Morgan fingerprint density at radius 1 is 1.40 bits per heavy atom. The van der Waals surface area contributed by atoms with Gasteiger partial charge in [0.05, 0.1) is 0 Å². The summed E-state index contributed by atoms with van der Waals surface area (Å²) < 4.78 is 0. The summed E-state index contributed by atoms with van der Waals surface area (Å²) in [5.74, 6) is 0. The van der Waals surface area contributed by atoms with Crippen molar-refractivity contribution in [3.63, 3.8) is 0 Å².